The Morgan fingerprint density at radius 3 is 2.93 bits per heavy atom. The molecule has 1 N–H and O–H groups in total. The number of hydrogen-bond donors (Lipinski definition) is 1. The lowest BCUT2D eigenvalue weighted by atomic mass is 9.77. The van der Waals surface area contributed by atoms with Gasteiger partial charge in [0, 0.05) is 18.2 Å². The second-order valence-corrected chi connectivity index (χ2v) is 5.20. The second-order valence-electron chi connectivity index (χ2n) is 5.20. The normalized spacial score (nSPS) is 24.5. The molecular weight excluding hydrogens is 182 g/mol. The average Bonchev–Trinajstić information content (AvgIpc) is 2.54. The van der Waals surface area contributed by atoms with Crippen molar-refractivity contribution in [3.05, 3.63) is 29.3 Å². The molecule has 0 spiro atoms. The fraction of sp³-hybridized carbons (Fsp3) is 0.571. The number of benzene rings is 1. The van der Waals surface area contributed by atoms with Gasteiger partial charge in [-0.05, 0) is 30.9 Å². The van der Waals surface area contributed by atoms with E-state index in [0.717, 1.165) is 18.4 Å². The fourth-order valence-corrected chi connectivity index (χ4v) is 2.87. The maximum atomic E-state index is 3.53. The van der Waals surface area contributed by atoms with Gasteiger partial charge in [0.25, 0.3) is 0 Å². The summed E-state index contributed by atoms with van der Waals surface area (Å²) in [4.78, 5) is 0. The third kappa shape index (κ3) is 1.64. The molecule has 1 aromatic carbocycles. The highest BCUT2D eigenvalue weighted by atomic mass is 14.9. The van der Waals surface area contributed by atoms with Gasteiger partial charge < -0.3 is 5.32 Å². The molecule has 0 radical (unpaired) electrons. The zero-order chi connectivity index (χ0) is 10.3. The molecule has 80 valence electrons. The van der Waals surface area contributed by atoms with Gasteiger partial charge >= 0.3 is 0 Å². The summed E-state index contributed by atoms with van der Waals surface area (Å²) < 4.78 is 0. The number of fused-ring (bicyclic) bond motifs is 1. The van der Waals surface area contributed by atoms with Crippen molar-refractivity contribution in [3.8, 4) is 0 Å². The Bertz CT molecular complexity index is 366. The zero-order valence-electron chi connectivity index (χ0n) is 9.42. The van der Waals surface area contributed by atoms with Crippen LogP contribution >= 0.6 is 0 Å². The lowest BCUT2D eigenvalue weighted by Crippen LogP contribution is -2.16. The molecule has 1 aromatic rings. The van der Waals surface area contributed by atoms with Gasteiger partial charge in [0.2, 0.25) is 0 Å². The molecular formula is C14H19N. The Morgan fingerprint density at radius 2 is 2.20 bits per heavy atom. The maximum Gasteiger partial charge on any atom is 0.0376 e. The van der Waals surface area contributed by atoms with Crippen LogP contribution in [0.3, 0.4) is 0 Å². The Morgan fingerprint density at radius 1 is 1.33 bits per heavy atom. The van der Waals surface area contributed by atoms with Crippen molar-refractivity contribution >= 4 is 5.69 Å². The van der Waals surface area contributed by atoms with E-state index in [4.69, 9.17) is 0 Å². The first-order valence-corrected chi connectivity index (χ1v) is 6.17. The summed E-state index contributed by atoms with van der Waals surface area (Å²) >= 11 is 0. The molecule has 2 aliphatic rings. The molecule has 3 rings (SSSR count). The quantitative estimate of drug-likeness (QED) is 0.769. The molecule has 15 heavy (non-hydrogen) atoms. The van der Waals surface area contributed by atoms with Crippen molar-refractivity contribution in [2.24, 2.45) is 5.92 Å². The minimum absolute atomic E-state index is 0.783. The lowest BCUT2D eigenvalue weighted by molar-refractivity contribution is 0.280. The number of anilines is 1. The molecule has 0 amide bonds. The minimum atomic E-state index is 0.783. The molecule has 1 fully saturated rings. The van der Waals surface area contributed by atoms with E-state index < -0.39 is 0 Å². The van der Waals surface area contributed by atoms with Crippen LogP contribution in [0.2, 0.25) is 0 Å². The Hall–Kier alpha value is -0.980. The Kier molecular flexibility index (Phi) is 2.19. The van der Waals surface area contributed by atoms with Crippen LogP contribution in [0, 0.1) is 12.8 Å². The van der Waals surface area contributed by atoms with Crippen molar-refractivity contribution in [3.63, 3.8) is 0 Å². The largest absolute Gasteiger partial charge is 0.384 e. The SMILES string of the molecule is Cc1ccc2c(c1)C(CC1CCC1)CN2. The highest BCUT2D eigenvalue weighted by Crippen LogP contribution is 2.40. The summed E-state index contributed by atoms with van der Waals surface area (Å²) in [7, 11) is 0. The van der Waals surface area contributed by atoms with Crippen LogP contribution in [0.1, 0.15) is 42.7 Å². The average molecular weight is 201 g/mol. The van der Waals surface area contributed by atoms with Crippen molar-refractivity contribution in [2.45, 2.75) is 38.5 Å². The van der Waals surface area contributed by atoms with Gasteiger partial charge in [0.05, 0.1) is 0 Å². The monoisotopic (exact) mass is 201 g/mol. The van der Waals surface area contributed by atoms with Gasteiger partial charge in [0.1, 0.15) is 0 Å². The van der Waals surface area contributed by atoms with Crippen LogP contribution in [-0.2, 0) is 0 Å². The topological polar surface area (TPSA) is 12.0 Å². The van der Waals surface area contributed by atoms with Gasteiger partial charge in [-0.1, -0.05) is 37.0 Å². The van der Waals surface area contributed by atoms with E-state index in [1.54, 1.807) is 5.56 Å². The Labute approximate surface area is 91.9 Å². The van der Waals surface area contributed by atoms with Crippen molar-refractivity contribution < 1.29 is 0 Å². The summed E-state index contributed by atoms with van der Waals surface area (Å²) in [6.07, 6.45) is 5.81. The van der Waals surface area contributed by atoms with E-state index in [2.05, 4.69) is 30.4 Å². The second kappa shape index (κ2) is 3.55. The molecule has 1 saturated carbocycles. The summed E-state index contributed by atoms with van der Waals surface area (Å²) in [6, 6.07) is 6.82. The molecule has 1 unspecified atom stereocenters. The minimum Gasteiger partial charge on any atom is -0.384 e. The van der Waals surface area contributed by atoms with E-state index in [1.165, 1.54) is 36.9 Å². The van der Waals surface area contributed by atoms with Crippen molar-refractivity contribution in [2.75, 3.05) is 11.9 Å². The van der Waals surface area contributed by atoms with E-state index in [-0.39, 0.29) is 0 Å². The molecule has 1 atom stereocenters. The third-order valence-corrected chi connectivity index (χ3v) is 4.03. The summed E-state index contributed by atoms with van der Waals surface area (Å²) in [5, 5.41) is 3.53. The highest BCUT2D eigenvalue weighted by Gasteiger charge is 2.27. The van der Waals surface area contributed by atoms with Crippen LogP contribution in [0.25, 0.3) is 0 Å². The van der Waals surface area contributed by atoms with Gasteiger partial charge in [-0.2, -0.15) is 0 Å². The number of aryl methyl sites for hydroxylation is 1. The molecule has 1 aliphatic carbocycles. The van der Waals surface area contributed by atoms with Gasteiger partial charge in [0.15, 0.2) is 0 Å². The molecule has 1 aliphatic heterocycles. The first-order valence-electron chi connectivity index (χ1n) is 6.17. The molecule has 0 saturated heterocycles. The lowest BCUT2D eigenvalue weighted by Gasteiger charge is -2.28. The molecule has 0 bridgehead atoms. The van der Waals surface area contributed by atoms with Gasteiger partial charge in [-0.25, -0.2) is 0 Å². The van der Waals surface area contributed by atoms with Crippen LogP contribution in [0.15, 0.2) is 18.2 Å². The highest BCUT2D eigenvalue weighted by molar-refractivity contribution is 5.58. The van der Waals surface area contributed by atoms with E-state index in [9.17, 15) is 0 Å². The van der Waals surface area contributed by atoms with Gasteiger partial charge in [-0.3, -0.25) is 0 Å². The van der Waals surface area contributed by atoms with E-state index in [1.807, 2.05) is 0 Å². The Balaban J connectivity index is 1.80. The first-order chi connectivity index (χ1) is 7.33. The third-order valence-electron chi connectivity index (χ3n) is 4.03. The number of nitrogens with one attached hydrogen (secondary N) is 1. The smallest absolute Gasteiger partial charge is 0.0376 e. The predicted octanol–water partition coefficient (Wildman–Crippen LogP) is 3.69. The van der Waals surface area contributed by atoms with Crippen molar-refractivity contribution in [1.82, 2.24) is 0 Å². The van der Waals surface area contributed by atoms with Crippen LogP contribution in [0.5, 0.6) is 0 Å². The molecule has 1 heterocycles. The standard InChI is InChI=1S/C14H19N/c1-10-5-6-14-13(7-10)12(9-15-14)8-11-3-2-4-11/h5-7,11-12,15H,2-4,8-9H2,1H3. The zero-order valence-corrected chi connectivity index (χ0v) is 9.42. The van der Waals surface area contributed by atoms with Crippen molar-refractivity contribution in [1.29, 1.82) is 0 Å². The molecule has 1 heteroatoms. The van der Waals surface area contributed by atoms with Crippen LogP contribution in [-0.4, -0.2) is 6.54 Å². The van der Waals surface area contributed by atoms with Crippen LogP contribution < -0.4 is 5.32 Å². The van der Waals surface area contributed by atoms with Gasteiger partial charge in [-0.15, -0.1) is 0 Å². The predicted molar refractivity (Wildman–Crippen MR) is 64.4 cm³/mol. The summed E-state index contributed by atoms with van der Waals surface area (Å²) in [6.45, 7) is 3.36. The maximum absolute atomic E-state index is 3.53. The molecule has 1 nitrogen and oxygen atoms in total. The first kappa shape index (κ1) is 9.26. The van der Waals surface area contributed by atoms with E-state index in [0.29, 0.717) is 0 Å². The number of rotatable bonds is 2. The fourth-order valence-electron chi connectivity index (χ4n) is 2.87. The van der Waals surface area contributed by atoms with Crippen LogP contribution in [0.4, 0.5) is 5.69 Å². The summed E-state index contributed by atoms with van der Waals surface area (Å²) in [5.41, 5.74) is 4.35. The van der Waals surface area contributed by atoms with E-state index >= 15 is 0 Å². The molecule has 0 aromatic heterocycles. The number of hydrogen-bond acceptors (Lipinski definition) is 1. The summed E-state index contributed by atoms with van der Waals surface area (Å²) in [5.74, 6) is 1.80.